The number of rotatable bonds is 11. The van der Waals surface area contributed by atoms with Crippen molar-refractivity contribution in [2.45, 2.75) is 32.8 Å². The van der Waals surface area contributed by atoms with Crippen LogP contribution in [-0.2, 0) is 25.5 Å². The summed E-state index contributed by atoms with van der Waals surface area (Å²) in [6.07, 6.45) is 0.833. The molecule has 1 fully saturated rings. The number of aryl methyl sites for hydroxylation is 1. The number of ketones is 1. The van der Waals surface area contributed by atoms with E-state index in [4.69, 9.17) is 18.9 Å². The monoisotopic (exact) mass is 448 g/mol. The first-order valence-corrected chi connectivity index (χ1v) is 10.6. The van der Waals surface area contributed by atoms with Crippen molar-refractivity contribution in [3.8, 4) is 11.5 Å². The third kappa shape index (κ3) is 8.22. The average Bonchev–Trinajstić information content (AvgIpc) is 2.79. The van der Waals surface area contributed by atoms with E-state index in [0.717, 1.165) is 5.56 Å². The lowest BCUT2D eigenvalue weighted by Gasteiger charge is -2.32. The molecule has 32 heavy (non-hydrogen) atoms. The summed E-state index contributed by atoms with van der Waals surface area (Å²) < 4.78 is 22.0. The molecule has 176 valence electrons. The van der Waals surface area contributed by atoms with Gasteiger partial charge in [-0.05, 0) is 38.0 Å². The quantitative estimate of drug-likeness (QED) is 0.314. The maximum absolute atomic E-state index is 12.4. The average molecular weight is 449 g/mol. The van der Waals surface area contributed by atoms with Gasteiger partial charge in [-0.15, -0.1) is 0 Å². The molecule has 9 nitrogen and oxygen atoms in total. The fourth-order valence-electron chi connectivity index (χ4n) is 3.03. The summed E-state index contributed by atoms with van der Waals surface area (Å²) in [4.78, 5) is 36.5. The van der Waals surface area contributed by atoms with Gasteiger partial charge in [0.2, 0.25) is 0 Å². The summed E-state index contributed by atoms with van der Waals surface area (Å²) >= 11 is 0. The highest BCUT2D eigenvalue weighted by atomic mass is 16.5. The van der Waals surface area contributed by atoms with Gasteiger partial charge >= 0.3 is 12.0 Å². The molecule has 2 rings (SSSR count). The van der Waals surface area contributed by atoms with Crippen LogP contribution in [0.1, 0.15) is 25.8 Å². The van der Waals surface area contributed by atoms with Gasteiger partial charge in [0.1, 0.15) is 25.1 Å². The molecule has 1 aromatic rings. The zero-order valence-electron chi connectivity index (χ0n) is 19.0. The van der Waals surface area contributed by atoms with Crippen LogP contribution in [0.4, 0.5) is 4.79 Å². The summed E-state index contributed by atoms with van der Waals surface area (Å²) in [5.74, 6) is 0.815. The van der Waals surface area contributed by atoms with Crippen LogP contribution >= 0.6 is 0 Å². The van der Waals surface area contributed by atoms with Crippen molar-refractivity contribution in [1.29, 1.82) is 0 Å². The van der Waals surface area contributed by atoms with E-state index in [1.807, 2.05) is 18.2 Å². The van der Waals surface area contributed by atoms with E-state index >= 15 is 0 Å². The first kappa shape index (κ1) is 25.2. The SMILES string of the molecule is C=C(C)C(=O)OCCNC(=O)N1CCOC(COc2ccc(CCC(C)=O)cc2OC)C1. The van der Waals surface area contributed by atoms with Gasteiger partial charge in [-0.25, -0.2) is 9.59 Å². The van der Waals surface area contributed by atoms with Gasteiger partial charge in [-0.1, -0.05) is 12.6 Å². The molecule has 0 bridgehead atoms. The van der Waals surface area contributed by atoms with E-state index in [-0.39, 0.29) is 37.7 Å². The summed E-state index contributed by atoms with van der Waals surface area (Å²) in [5.41, 5.74) is 1.31. The third-order valence-corrected chi connectivity index (χ3v) is 4.80. The number of amides is 2. The highest BCUT2D eigenvalue weighted by Gasteiger charge is 2.25. The zero-order chi connectivity index (χ0) is 23.5. The summed E-state index contributed by atoms with van der Waals surface area (Å²) in [6.45, 7) is 8.41. The second-order valence-corrected chi connectivity index (χ2v) is 7.59. The second kappa shape index (κ2) is 12.7. The fraction of sp³-hybridized carbons (Fsp3) is 0.522. The Morgan fingerprint density at radius 1 is 1.25 bits per heavy atom. The van der Waals surface area contributed by atoms with Crippen LogP contribution < -0.4 is 14.8 Å². The van der Waals surface area contributed by atoms with Crippen LogP contribution in [0.3, 0.4) is 0 Å². The van der Waals surface area contributed by atoms with Gasteiger partial charge < -0.3 is 34.0 Å². The molecule has 0 aliphatic carbocycles. The van der Waals surface area contributed by atoms with Crippen LogP contribution in [0.25, 0.3) is 0 Å². The molecule has 1 atom stereocenters. The van der Waals surface area contributed by atoms with E-state index < -0.39 is 5.97 Å². The molecule has 0 aromatic heterocycles. The van der Waals surface area contributed by atoms with Crippen molar-refractivity contribution in [2.75, 3.05) is 46.6 Å². The van der Waals surface area contributed by atoms with Crippen molar-refractivity contribution in [2.24, 2.45) is 0 Å². The normalized spacial score (nSPS) is 15.6. The maximum atomic E-state index is 12.4. The van der Waals surface area contributed by atoms with Gasteiger partial charge in [0.25, 0.3) is 0 Å². The Morgan fingerprint density at radius 3 is 2.72 bits per heavy atom. The predicted octanol–water partition coefficient (Wildman–Crippen LogP) is 2.13. The molecule has 1 aliphatic heterocycles. The molecule has 1 unspecified atom stereocenters. The lowest BCUT2D eigenvalue weighted by molar-refractivity contribution is -0.138. The van der Waals surface area contributed by atoms with Crippen LogP contribution in [0.15, 0.2) is 30.4 Å². The number of Topliss-reactive ketones (excluding diaryl/α,β-unsaturated/α-hetero) is 1. The Hall–Kier alpha value is -3.07. The van der Waals surface area contributed by atoms with E-state index in [9.17, 15) is 14.4 Å². The van der Waals surface area contributed by atoms with E-state index in [1.165, 1.54) is 0 Å². The zero-order valence-corrected chi connectivity index (χ0v) is 19.0. The Morgan fingerprint density at radius 2 is 2.03 bits per heavy atom. The molecular formula is C23H32N2O7. The van der Waals surface area contributed by atoms with E-state index in [1.54, 1.807) is 25.9 Å². The minimum atomic E-state index is -0.481. The lowest BCUT2D eigenvalue weighted by Crippen LogP contribution is -2.51. The maximum Gasteiger partial charge on any atom is 0.333 e. The standard InChI is InChI=1S/C23H32N2O7/c1-16(2)22(27)31-11-9-24-23(28)25-10-12-30-19(14-25)15-32-20-8-7-18(6-5-17(3)26)13-21(20)29-4/h7-8,13,19H,1,5-6,9-12,14-15H2,2-4H3,(H,24,28). The van der Waals surface area contributed by atoms with Gasteiger partial charge in [-0.3, -0.25) is 0 Å². The van der Waals surface area contributed by atoms with E-state index in [0.29, 0.717) is 49.6 Å². The molecule has 9 heteroatoms. The number of hydrogen-bond donors (Lipinski definition) is 1. The van der Waals surface area contributed by atoms with Crippen LogP contribution in [0.2, 0.25) is 0 Å². The third-order valence-electron chi connectivity index (χ3n) is 4.80. The van der Waals surface area contributed by atoms with E-state index in [2.05, 4.69) is 11.9 Å². The molecule has 1 aliphatic rings. The Kier molecular flexibility index (Phi) is 10.0. The second-order valence-electron chi connectivity index (χ2n) is 7.59. The van der Waals surface area contributed by atoms with Gasteiger partial charge in [0.15, 0.2) is 11.5 Å². The lowest BCUT2D eigenvalue weighted by atomic mass is 10.1. The fourth-order valence-corrected chi connectivity index (χ4v) is 3.03. The van der Waals surface area contributed by atoms with Gasteiger partial charge in [0.05, 0.1) is 26.8 Å². The number of ether oxygens (including phenoxy) is 4. The number of carbonyl (C=O) groups excluding carboxylic acids is 3. The summed E-state index contributed by atoms with van der Waals surface area (Å²) in [6, 6.07) is 5.33. The molecule has 0 spiro atoms. The van der Waals surface area contributed by atoms with Crippen molar-refractivity contribution >= 4 is 17.8 Å². The molecule has 2 amide bonds. The highest BCUT2D eigenvalue weighted by Crippen LogP contribution is 2.29. The molecule has 1 N–H and O–H groups in total. The molecule has 0 saturated carbocycles. The number of urea groups is 1. The van der Waals surface area contributed by atoms with Crippen molar-refractivity contribution in [1.82, 2.24) is 10.2 Å². The van der Waals surface area contributed by atoms with Crippen molar-refractivity contribution < 1.29 is 33.3 Å². The number of esters is 1. The number of nitrogens with zero attached hydrogens (tertiary/aromatic N) is 1. The van der Waals surface area contributed by atoms with Crippen LogP contribution in [-0.4, -0.2) is 75.4 Å². The highest BCUT2D eigenvalue weighted by molar-refractivity contribution is 5.86. The Bertz CT molecular complexity index is 825. The summed E-state index contributed by atoms with van der Waals surface area (Å²) in [5, 5.41) is 2.73. The van der Waals surface area contributed by atoms with Crippen molar-refractivity contribution in [3.63, 3.8) is 0 Å². The number of nitrogens with one attached hydrogen (secondary N) is 1. The number of methoxy groups -OCH3 is 1. The molecular weight excluding hydrogens is 416 g/mol. The smallest absolute Gasteiger partial charge is 0.333 e. The van der Waals surface area contributed by atoms with Gasteiger partial charge in [0, 0.05) is 18.5 Å². The Labute approximate surface area is 188 Å². The van der Waals surface area contributed by atoms with Crippen molar-refractivity contribution in [3.05, 3.63) is 35.9 Å². The predicted molar refractivity (Wildman–Crippen MR) is 118 cm³/mol. The molecule has 1 aromatic carbocycles. The first-order valence-electron chi connectivity index (χ1n) is 10.6. The van der Waals surface area contributed by atoms with Gasteiger partial charge in [-0.2, -0.15) is 0 Å². The minimum Gasteiger partial charge on any atom is -0.493 e. The summed E-state index contributed by atoms with van der Waals surface area (Å²) in [7, 11) is 1.56. The Balaban J connectivity index is 1.80. The number of benzene rings is 1. The topological polar surface area (TPSA) is 103 Å². The van der Waals surface area contributed by atoms with Crippen LogP contribution in [0, 0.1) is 0 Å². The molecule has 1 heterocycles. The first-order chi connectivity index (χ1) is 15.3. The largest absolute Gasteiger partial charge is 0.493 e. The van der Waals surface area contributed by atoms with Crippen LogP contribution in [0.5, 0.6) is 11.5 Å². The molecule has 1 saturated heterocycles. The number of carbonyl (C=O) groups is 3. The number of morpholine rings is 1. The number of hydrogen-bond acceptors (Lipinski definition) is 7. The molecule has 0 radical (unpaired) electrons. The minimum absolute atomic E-state index is 0.0799.